The van der Waals surface area contributed by atoms with Crippen molar-refractivity contribution in [3.8, 4) is 0 Å². The minimum Gasteiger partial charge on any atom is -0.454 e. The van der Waals surface area contributed by atoms with Crippen molar-refractivity contribution in [1.29, 1.82) is 0 Å². The minimum absolute atomic E-state index is 0.724. The van der Waals surface area contributed by atoms with Crippen molar-refractivity contribution in [2.24, 2.45) is 0 Å². The van der Waals surface area contributed by atoms with E-state index in [4.69, 9.17) is 4.42 Å². The standard InChI is InChI=1S/C12H12INOS/c1-16-11-5-2-9(3-6-11)14-8-10-4-7-12(13)15-10/h2-7,14H,8H2,1H3. The molecule has 0 saturated carbocycles. The van der Waals surface area contributed by atoms with Crippen LogP contribution in [0.25, 0.3) is 0 Å². The van der Waals surface area contributed by atoms with Crippen LogP contribution in [0.2, 0.25) is 0 Å². The third-order valence-electron chi connectivity index (χ3n) is 2.19. The van der Waals surface area contributed by atoms with E-state index >= 15 is 0 Å². The average molecular weight is 345 g/mol. The largest absolute Gasteiger partial charge is 0.454 e. The molecule has 0 aliphatic carbocycles. The normalized spacial score (nSPS) is 10.4. The second-order valence-corrected chi connectivity index (χ2v) is 5.23. The van der Waals surface area contributed by atoms with Gasteiger partial charge in [-0.1, -0.05) is 0 Å². The van der Waals surface area contributed by atoms with Gasteiger partial charge in [-0.2, -0.15) is 0 Å². The molecule has 1 heterocycles. The average Bonchev–Trinajstić information content (AvgIpc) is 2.73. The molecule has 0 spiro atoms. The molecule has 0 unspecified atom stereocenters. The molecule has 4 heteroatoms. The number of anilines is 1. The van der Waals surface area contributed by atoms with Crippen molar-refractivity contribution in [3.63, 3.8) is 0 Å². The molecule has 1 aromatic heterocycles. The van der Waals surface area contributed by atoms with Crippen LogP contribution in [0, 0.1) is 3.77 Å². The van der Waals surface area contributed by atoms with Gasteiger partial charge in [0.1, 0.15) is 5.76 Å². The maximum absolute atomic E-state index is 5.47. The van der Waals surface area contributed by atoms with E-state index < -0.39 is 0 Å². The van der Waals surface area contributed by atoms with Gasteiger partial charge in [0.25, 0.3) is 0 Å². The predicted octanol–water partition coefficient (Wildman–Crippen LogP) is 4.22. The van der Waals surface area contributed by atoms with Crippen LogP contribution in [0.1, 0.15) is 5.76 Å². The van der Waals surface area contributed by atoms with E-state index in [9.17, 15) is 0 Å². The van der Waals surface area contributed by atoms with Gasteiger partial charge in [0.15, 0.2) is 3.77 Å². The highest BCUT2D eigenvalue weighted by Crippen LogP contribution is 2.18. The first-order valence-corrected chi connectivity index (χ1v) is 7.20. The number of nitrogens with one attached hydrogen (secondary N) is 1. The zero-order valence-corrected chi connectivity index (χ0v) is 11.8. The summed E-state index contributed by atoms with van der Waals surface area (Å²) < 4.78 is 6.39. The molecule has 0 bridgehead atoms. The van der Waals surface area contributed by atoms with Crippen LogP contribution in [-0.2, 0) is 6.54 Å². The highest BCUT2D eigenvalue weighted by molar-refractivity contribution is 14.1. The van der Waals surface area contributed by atoms with Gasteiger partial charge in [-0.25, -0.2) is 0 Å². The summed E-state index contributed by atoms with van der Waals surface area (Å²) in [4.78, 5) is 1.28. The van der Waals surface area contributed by atoms with Gasteiger partial charge in [0.05, 0.1) is 6.54 Å². The van der Waals surface area contributed by atoms with Crippen LogP contribution in [0.5, 0.6) is 0 Å². The SMILES string of the molecule is CSc1ccc(NCc2ccc(I)o2)cc1. The molecular formula is C12H12INOS. The van der Waals surface area contributed by atoms with Gasteiger partial charge in [0, 0.05) is 10.6 Å². The fourth-order valence-electron chi connectivity index (χ4n) is 1.34. The lowest BCUT2D eigenvalue weighted by Crippen LogP contribution is -1.97. The lowest BCUT2D eigenvalue weighted by molar-refractivity contribution is 0.493. The predicted molar refractivity (Wildman–Crippen MR) is 77.0 cm³/mol. The third-order valence-corrected chi connectivity index (χ3v) is 3.51. The Morgan fingerprint density at radius 2 is 1.94 bits per heavy atom. The molecule has 0 fully saturated rings. The summed E-state index contributed by atoms with van der Waals surface area (Å²) in [6.45, 7) is 0.724. The number of benzene rings is 1. The Kier molecular flexibility index (Phi) is 4.17. The molecule has 0 aliphatic heterocycles. The summed E-state index contributed by atoms with van der Waals surface area (Å²) in [5.41, 5.74) is 1.12. The second-order valence-electron chi connectivity index (χ2n) is 3.29. The van der Waals surface area contributed by atoms with E-state index in [1.54, 1.807) is 11.8 Å². The number of hydrogen-bond acceptors (Lipinski definition) is 3. The monoisotopic (exact) mass is 345 g/mol. The van der Waals surface area contributed by atoms with Gasteiger partial charge in [0.2, 0.25) is 0 Å². The fourth-order valence-corrected chi connectivity index (χ4v) is 2.22. The van der Waals surface area contributed by atoms with Crippen molar-refractivity contribution in [2.45, 2.75) is 11.4 Å². The van der Waals surface area contributed by atoms with Crippen LogP contribution in [0.3, 0.4) is 0 Å². The number of hydrogen-bond donors (Lipinski definition) is 1. The molecular weight excluding hydrogens is 333 g/mol. The van der Waals surface area contributed by atoms with E-state index in [-0.39, 0.29) is 0 Å². The maximum Gasteiger partial charge on any atom is 0.164 e. The third kappa shape index (κ3) is 3.18. The summed E-state index contributed by atoms with van der Waals surface area (Å²) in [6, 6.07) is 12.3. The molecule has 0 saturated heterocycles. The lowest BCUT2D eigenvalue weighted by atomic mass is 10.3. The van der Waals surface area contributed by atoms with Crippen molar-refractivity contribution in [2.75, 3.05) is 11.6 Å². The van der Waals surface area contributed by atoms with E-state index in [1.807, 2.05) is 12.1 Å². The fraction of sp³-hybridized carbons (Fsp3) is 0.167. The van der Waals surface area contributed by atoms with Gasteiger partial charge < -0.3 is 9.73 Å². The van der Waals surface area contributed by atoms with Crippen molar-refractivity contribution in [3.05, 3.63) is 45.9 Å². The molecule has 0 aliphatic rings. The van der Waals surface area contributed by atoms with Crippen LogP contribution in [-0.4, -0.2) is 6.26 Å². The molecule has 1 aromatic carbocycles. The zero-order valence-electron chi connectivity index (χ0n) is 8.87. The quantitative estimate of drug-likeness (QED) is 0.664. The van der Waals surface area contributed by atoms with Gasteiger partial charge >= 0.3 is 0 Å². The van der Waals surface area contributed by atoms with Gasteiger partial charge in [-0.15, -0.1) is 11.8 Å². The van der Waals surface area contributed by atoms with Crippen molar-refractivity contribution in [1.82, 2.24) is 0 Å². The molecule has 2 nitrogen and oxygen atoms in total. The first-order chi connectivity index (χ1) is 7.78. The Hall–Kier alpha value is -0.620. The number of thioether (sulfide) groups is 1. The molecule has 2 rings (SSSR count). The Bertz CT molecular complexity index is 452. The maximum atomic E-state index is 5.47. The van der Waals surface area contributed by atoms with Crippen LogP contribution >= 0.6 is 34.4 Å². The number of rotatable bonds is 4. The van der Waals surface area contributed by atoms with Gasteiger partial charge in [-0.05, 0) is 65.2 Å². The Morgan fingerprint density at radius 3 is 2.50 bits per heavy atom. The summed E-state index contributed by atoms with van der Waals surface area (Å²) in [5, 5.41) is 3.32. The first kappa shape index (κ1) is 11.9. The smallest absolute Gasteiger partial charge is 0.164 e. The molecule has 0 atom stereocenters. The van der Waals surface area contributed by atoms with Gasteiger partial charge in [-0.3, -0.25) is 0 Å². The van der Waals surface area contributed by atoms with Crippen molar-refractivity contribution < 1.29 is 4.42 Å². The number of furan rings is 1. The molecule has 1 N–H and O–H groups in total. The van der Waals surface area contributed by atoms with Crippen LogP contribution in [0.4, 0.5) is 5.69 Å². The molecule has 0 amide bonds. The summed E-state index contributed by atoms with van der Waals surface area (Å²) in [5.74, 6) is 0.957. The highest BCUT2D eigenvalue weighted by atomic mass is 127. The summed E-state index contributed by atoms with van der Waals surface area (Å²) >= 11 is 3.92. The topological polar surface area (TPSA) is 25.2 Å². The van der Waals surface area contributed by atoms with Crippen molar-refractivity contribution >= 4 is 40.0 Å². The molecule has 16 heavy (non-hydrogen) atoms. The molecule has 0 radical (unpaired) electrons. The lowest BCUT2D eigenvalue weighted by Gasteiger charge is -2.04. The van der Waals surface area contributed by atoms with E-state index in [1.165, 1.54) is 4.90 Å². The van der Waals surface area contributed by atoms with E-state index in [0.717, 1.165) is 21.8 Å². The Labute approximate surface area is 113 Å². The minimum atomic E-state index is 0.724. The van der Waals surface area contributed by atoms with E-state index in [2.05, 4.69) is 58.4 Å². The summed E-state index contributed by atoms with van der Waals surface area (Å²) in [6.07, 6.45) is 2.08. The highest BCUT2D eigenvalue weighted by Gasteiger charge is 1.99. The van der Waals surface area contributed by atoms with Crippen LogP contribution in [0.15, 0.2) is 45.7 Å². The Balaban J connectivity index is 1.94. The zero-order chi connectivity index (χ0) is 11.4. The second kappa shape index (κ2) is 5.63. The summed E-state index contributed by atoms with van der Waals surface area (Å²) in [7, 11) is 0. The Morgan fingerprint density at radius 1 is 1.19 bits per heavy atom. The molecule has 2 aromatic rings. The molecule has 84 valence electrons. The van der Waals surface area contributed by atoms with E-state index in [0.29, 0.717) is 0 Å². The van der Waals surface area contributed by atoms with Crippen LogP contribution < -0.4 is 5.32 Å². The first-order valence-electron chi connectivity index (χ1n) is 4.90. The number of halogens is 1.